The Morgan fingerprint density at radius 3 is 2.26 bits per heavy atom. The van der Waals surface area contributed by atoms with Crippen LogP contribution < -0.4 is 5.43 Å². The third-order valence-electron chi connectivity index (χ3n) is 2.79. The zero-order valence-electron chi connectivity index (χ0n) is 11.8. The highest BCUT2D eigenvalue weighted by molar-refractivity contribution is 7.12. The molecule has 10 heteroatoms. The van der Waals surface area contributed by atoms with Crippen LogP contribution in [0.5, 0.6) is 0 Å². The molecule has 0 aliphatic rings. The van der Waals surface area contributed by atoms with Gasteiger partial charge in [0.2, 0.25) is 0 Å². The SMILES string of the molecule is CC(=NNC(=O)c1cc([N+](=O)[O-])cc([N+](=O)[O-])c1)c1cccs1. The molecule has 1 N–H and O–H groups in total. The normalized spacial score (nSPS) is 11.1. The highest BCUT2D eigenvalue weighted by Gasteiger charge is 2.19. The summed E-state index contributed by atoms with van der Waals surface area (Å²) < 4.78 is 0. The van der Waals surface area contributed by atoms with Crippen molar-refractivity contribution in [1.29, 1.82) is 0 Å². The Labute approximate surface area is 133 Å². The summed E-state index contributed by atoms with van der Waals surface area (Å²) in [6, 6.07) is 6.34. The number of thiophene rings is 1. The second kappa shape index (κ2) is 6.75. The van der Waals surface area contributed by atoms with E-state index in [1.54, 1.807) is 6.92 Å². The number of hydrazone groups is 1. The summed E-state index contributed by atoms with van der Waals surface area (Å²) in [6.45, 7) is 1.68. The van der Waals surface area contributed by atoms with Gasteiger partial charge in [0.25, 0.3) is 17.3 Å². The van der Waals surface area contributed by atoms with Gasteiger partial charge in [-0.05, 0) is 18.4 Å². The summed E-state index contributed by atoms with van der Waals surface area (Å²) in [5.74, 6) is -0.771. The van der Waals surface area contributed by atoms with Crippen LogP contribution in [0.2, 0.25) is 0 Å². The van der Waals surface area contributed by atoms with Crippen LogP contribution in [0.4, 0.5) is 11.4 Å². The summed E-state index contributed by atoms with van der Waals surface area (Å²) in [5, 5.41) is 27.3. The second-order valence-corrected chi connectivity index (χ2v) is 5.32. The van der Waals surface area contributed by atoms with Crippen molar-refractivity contribution in [1.82, 2.24) is 5.43 Å². The zero-order valence-corrected chi connectivity index (χ0v) is 12.6. The van der Waals surface area contributed by atoms with Gasteiger partial charge in [-0.25, -0.2) is 5.43 Å². The highest BCUT2D eigenvalue weighted by Crippen LogP contribution is 2.22. The van der Waals surface area contributed by atoms with Crippen LogP contribution in [0, 0.1) is 20.2 Å². The number of benzene rings is 1. The number of nitro benzene ring substituents is 2. The number of non-ortho nitro benzene ring substituents is 2. The number of carbonyl (C=O) groups excluding carboxylic acids is 1. The molecule has 0 fully saturated rings. The molecule has 0 saturated heterocycles. The summed E-state index contributed by atoms with van der Waals surface area (Å²) in [7, 11) is 0. The number of rotatable bonds is 5. The minimum absolute atomic E-state index is 0.214. The molecule has 0 spiro atoms. The van der Waals surface area contributed by atoms with Crippen molar-refractivity contribution in [3.63, 3.8) is 0 Å². The van der Waals surface area contributed by atoms with E-state index in [9.17, 15) is 25.0 Å². The van der Waals surface area contributed by atoms with Crippen molar-refractivity contribution in [2.75, 3.05) is 0 Å². The smallest absolute Gasteiger partial charge is 0.267 e. The maximum absolute atomic E-state index is 12.0. The Kier molecular flexibility index (Phi) is 4.76. The fraction of sp³-hybridized carbons (Fsp3) is 0.0769. The van der Waals surface area contributed by atoms with Crippen molar-refractivity contribution in [3.05, 3.63) is 66.4 Å². The van der Waals surface area contributed by atoms with Crippen molar-refractivity contribution >= 4 is 34.3 Å². The molecule has 1 aromatic heterocycles. The summed E-state index contributed by atoms with van der Waals surface area (Å²) >= 11 is 1.43. The van der Waals surface area contributed by atoms with Gasteiger partial charge in [-0.3, -0.25) is 25.0 Å². The summed E-state index contributed by atoms with van der Waals surface area (Å²) in [6.07, 6.45) is 0. The third kappa shape index (κ3) is 3.95. The fourth-order valence-corrected chi connectivity index (χ4v) is 2.35. The van der Waals surface area contributed by atoms with Crippen molar-refractivity contribution in [2.24, 2.45) is 5.10 Å². The van der Waals surface area contributed by atoms with Gasteiger partial charge in [-0.2, -0.15) is 5.10 Å². The van der Waals surface area contributed by atoms with Gasteiger partial charge >= 0.3 is 0 Å². The second-order valence-electron chi connectivity index (χ2n) is 4.37. The lowest BCUT2D eigenvalue weighted by Crippen LogP contribution is -2.19. The first-order valence-corrected chi connectivity index (χ1v) is 7.09. The molecule has 2 rings (SSSR count). The molecule has 0 bridgehead atoms. The van der Waals surface area contributed by atoms with Crippen LogP contribution in [-0.2, 0) is 0 Å². The monoisotopic (exact) mass is 334 g/mol. The van der Waals surface area contributed by atoms with Gasteiger partial charge in [0.05, 0.1) is 27.2 Å². The minimum atomic E-state index is -0.802. The van der Waals surface area contributed by atoms with E-state index in [2.05, 4.69) is 10.5 Å². The number of nitrogens with one attached hydrogen (secondary N) is 1. The molecular formula is C13H10N4O5S. The van der Waals surface area contributed by atoms with E-state index in [-0.39, 0.29) is 5.56 Å². The highest BCUT2D eigenvalue weighted by atomic mass is 32.1. The number of amides is 1. The van der Waals surface area contributed by atoms with Crippen LogP contribution in [0.3, 0.4) is 0 Å². The molecular weight excluding hydrogens is 324 g/mol. The molecule has 0 aliphatic carbocycles. The number of carbonyl (C=O) groups is 1. The first-order chi connectivity index (χ1) is 10.9. The van der Waals surface area contributed by atoms with Crippen LogP contribution in [-0.4, -0.2) is 21.5 Å². The maximum atomic E-state index is 12.0. The van der Waals surface area contributed by atoms with Gasteiger partial charge < -0.3 is 0 Å². The molecule has 0 aliphatic heterocycles. The Morgan fingerprint density at radius 2 is 1.78 bits per heavy atom. The first-order valence-electron chi connectivity index (χ1n) is 6.21. The van der Waals surface area contributed by atoms with Crippen LogP contribution in [0.25, 0.3) is 0 Å². The van der Waals surface area contributed by atoms with Crippen LogP contribution >= 0.6 is 11.3 Å². The molecule has 1 aromatic carbocycles. The molecule has 2 aromatic rings. The molecule has 0 radical (unpaired) electrons. The van der Waals surface area contributed by atoms with Gasteiger partial charge in [-0.1, -0.05) is 6.07 Å². The van der Waals surface area contributed by atoms with Crippen molar-refractivity contribution in [3.8, 4) is 0 Å². The predicted molar refractivity (Wildman–Crippen MR) is 83.7 cm³/mol. The molecule has 1 amide bonds. The molecule has 0 saturated carbocycles. The summed E-state index contributed by atoms with van der Waals surface area (Å²) in [5.41, 5.74) is 1.49. The Hall–Kier alpha value is -3.14. The van der Waals surface area contributed by atoms with Crippen molar-refractivity contribution < 1.29 is 14.6 Å². The van der Waals surface area contributed by atoms with Gasteiger partial charge in [0, 0.05) is 17.0 Å². The Bertz CT molecular complexity index is 768. The number of nitro groups is 2. The number of nitrogens with zero attached hydrogens (tertiary/aromatic N) is 3. The molecule has 0 unspecified atom stereocenters. The minimum Gasteiger partial charge on any atom is -0.267 e. The third-order valence-corrected chi connectivity index (χ3v) is 3.77. The van der Waals surface area contributed by atoms with E-state index in [4.69, 9.17) is 0 Å². The summed E-state index contributed by atoms with van der Waals surface area (Å²) in [4.78, 5) is 32.8. The standard InChI is InChI=1S/C13H10N4O5S/c1-8(12-3-2-4-23-12)14-15-13(18)9-5-10(16(19)20)7-11(6-9)17(21)22/h2-7H,1H3,(H,15,18). The Balaban J connectivity index is 2.26. The molecule has 23 heavy (non-hydrogen) atoms. The van der Waals surface area contributed by atoms with E-state index in [0.29, 0.717) is 5.71 Å². The van der Waals surface area contributed by atoms with E-state index < -0.39 is 27.1 Å². The van der Waals surface area contributed by atoms with Crippen molar-refractivity contribution in [2.45, 2.75) is 6.92 Å². The molecule has 1 heterocycles. The fourth-order valence-electron chi connectivity index (χ4n) is 1.68. The van der Waals surface area contributed by atoms with Gasteiger partial charge in [0.15, 0.2) is 0 Å². The first kappa shape index (κ1) is 16.2. The number of hydrogen-bond acceptors (Lipinski definition) is 7. The average molecular weight is 334 g/mol. The lowest BCUT2D eigenvalue weighted by molar-refractivity contribution is -0.394. The van der Waals surface area contributed by atoms with E-state index in [1.807, 2.05) is 17.5 Å². The van der Waals surface area contributed by atoms with Crippen LogP contribution in [0.1, 0.15) is 22.2 Å². The largest absolute Gasteiger partial charge is 0.277 e. The molecule has 9 nitrogen and oxygen atoms in total. The molecule has 118 valence electrons. The molecule has 0 atom stereocenters. The quantitative estimate of drug-likeness (QED) is 0.511. The number of hydrogen-bond donors (Lipinski definition) is 1. The average Bonchev–Trinajstić information content (AvgIpc) is 3.06. The van der Waals surface area contributed by atoms with Gasteiger partial charge in [0.1, 0.15) is 0 Å². The van der Waals surface area contributed by atoms with Crippen LogP contribution in [0.15, 0.2) is 40.8 Å². The Morgan fingerprint density at radius 1 is 1.17 bits per heavy atom. The lowest BCUT2D eigenvalue weighted by atomic mass is 10.1. The van der Waals surface area contributed by atoms with E-state index in [0.717, 1.165) is 23.1 Å². The predicted octanol–water partition coefficient (Wildman–Crippen LogP) is 2.72. The van der Waals surface area contributed by atoms with E-state index in [1.165, 1.54) is 11.3 Å². The van der Waals surface area contributed by atoms with Gasteiger partial charge in [-0.15, -0.1) is 11.3 Å². The van der Waals surface area contributed by atoms with E-state index >= 15 is 0 Å². The topological polar surface area (TPSA) is 128 Å². The lowest BCUT2D eigenvalue weighted by Gasteiger charge is -2.02. The maximum Gasteiger partial charge on any atom is 0.277 e. The zero-order chi connectivity index (χ0) is 17.0.